The van der Waals surface area contributed by atoms with Crippen LogP contribution in [0.25, 0.3) is 0 Å². The van der Waals surface area contributed by atoms with E-state index < -0.39 is 17.7 Å². The number of aliphatic hydroxyl groups excluding tert-OH is 1. The highest BCUT2D eigenvalue weighted by molar-refractivity contribution is 6.31. The molecule has 1 aromatic carbocycles. The molecule has 0 saturated carbocycles. The van der Waals surface area contributed by atoms with Crippen LogP contribution in [0.1, 0.15) is 23.2 Å². The zero-order valence-corrected chi connectivity index (χ0v) is 12.1. The van der Waals surface area contributed by atoms with E-state index in [9.17, 15) is 17.6 Å². The van der Waals surface area contributed by atoms with E-state index in [1.165, 1.54) is 18.3 Å². The maximum absolute atomic E-state index is 13.0. The highest BCUT2D eigenvalue weighted by Crippen LogP contribution is 2.31. The van der Waals surface area contributed by atoms with Gasteiger partial charge in [-0.1, -0.05) is 17.7 Å². The fourth-order valence-corrected chi connectivity index (χ4v) is 2.29. The van der Waals surface area contributed by atoms with Gasteiger partial charge in [0.05, 0.1) is 6.54 Å². The summed E-state index contributed by atoms with van der Waals surface area (Å²) in [7, 11) is 0. The zero-order valence-electron chi connectivity index (χ0n) is 11.4. The number of benzene rings is 1. The standard InChI is InChI=1S/C14H13ClF4N2O/c15-12-6-11(16)4-3-9(12)7-21-8-10(2-1-5-22)13(20-21)14(17,18)19/h3-4,6,8,22H,1-2,5,7H2. The number of rotatable bonds is 5. The van der Waals surface area contributed by atoms with Gasteiger partial charge in [-0.3, -0.25) is 4.68 Å². The molecular formula is C14H13ClF4N2O. The minimum Gasteiger partial charge on any atom is -0.396 e. The Morgan fingerprint density at radius 3 is 2.55 bits per heavy atom. The first kappa shape index (κ1) is 16.8. The predicted octanol–water partition coefficient (Wildman–Crippen LogP) is 3.67. The van der Waals surface area contributed by atoms with Crippen LogP contribution in [0, 0.1) is 5.82 Å². The Bertz CT molecular complexity index is 655. The van der Waals surface area contributed by atoms with Gasteiger partial charge in [-0.25, -0.2) is 4.39 Å². The van der Waals surface area contributed by atoms with Crippen molar-refractivity contribution in [3.8, 4) is 0 Å². The molecule has 0 saturated heterocycles. The fourth-order valence-electron chi connectivity index (χ4n) is 2.06. The number of halogens is 5. The molecule has 0 aliphatic carbocycles. The molecule has 1 heterocycles. The predicted molar refractivity (Wildman–Crippen MR) is 73.1 cm³/mol. The van der Waals surface area contributed by atoms with Crippen LogP contribution in [0.5, 0.6) is 0 Å². The Morgan fingerprint density at radius 2 is 1.95 bits per heavy atom. The Kier molecular flexibility index (Phi) is 5.08. The number of aromatic nitrogens is 2. The molecule has 120 valence electrons. The van der Waals surface area contributed by atoms with E-state index in [4.69, 9.17) is 16.7 Å². The minimum absolute atomic E-state index is 0.00131. The monoisotopic (exact) mass is 336 g/mol. The summed E-state index contributed by atoms with van der Waals surface area (Å²) >= 11 is 5.86. The summed E-state index contributed by atoms with van der Waals surface area (Å²) in [5.41, 5.74) is -0.494. The number of aryl methyl sites for hydroxylation is 1. The number of aliphatic hydroxyl groups is 1. The number of hydrogen-bond acceptors (Lipinski definition) is 2. The number of hydrogen-bond donors (Lipinski definition) is 1. The normalized spacial score (nSPS) is 11.9. The fraction of sp³-hybridized carbons (Fsp3) is 0.357. The topological polar surface area (TPSA) is 38.0 Å². The lowest BCUT2D eigenvalue weighted by Crippen LogP contribution is -2.10. The van der Waals surface area contributed by atoms with Crippen molar-refractivity contribution in [2.24, 2.45) is 0 Å². The molecule has 1 aromatic heterocycles. The molecule has 0 aliphatic heterocycles. The van der Waals surface area contributed by atoms with Crippen molar-refractivity contribution in [2.45, 2.75) is 25.6 Å². The largest absolute Gasteiger partial charge is 0.435 e. The Hall–Kier alpha value is -1.60. The van der Waals surface area contributed by atoms with E-state index in [2.05, 4.69) is 5.10 Å². The molecule has 0 bridgehead atoms. The van der Waals surface area contributed by atoms with Crippen molar-refractivity contribution >= 4 is 11.6 Å². The van der Waals surface area contributed by atoms with Crippen molar-refractivity contribution < 1.29 is 22.7 Å². The maximum atomic E-state index is 13.0. The molecule has 0 amide bonds. The van der Waals surface area contributed by atoms with Crippen LogP contribution in [0.4, 0.5) is 17.6 Å². The zero-order chi connectivity index (χ0) is 16.3. The molecule has 0 spiro atoms. The first-order chi connectivity index (χ1) is 10.3. The molecule has 2 rings (SSSR count). The van der Waals surface area contributed by atoms with E-state index in [1.807, 2.05) is 0 Å². The molecule has 8 heteroatoms. The second-order valence-electron chi connectivity index (χ2n) is 4.76. The summed E-state index contributed by atoms with van der Waals surface area (Å²) in [5, 5.41) is 12.4. The van der Waals surface area contributed by atoms with Crippen LogP contribution < -0.4 is 0 Å². The molecule has 0 aliphatic rings. The molecule has 22 heavy (non-hydrogen) atoms. The van der Waals surface area contributed by atoms with Gasteiger partial charge in [-0.15, -0.1) is 0 Å². The Balaban J connectivity index is 2.29. The number of alkyl halides is 3. The average molecular weight is 337 g/mol. The van der Waals surface area contributed by atoms with Crippen LogP contribution in [-0.4, -0.2) is 21.5 Å². The van der Waals surface area contributed by atoms with Gasteiger partial charge >= 0.3 is 6.18 Å². The molecule has 0 fully saturated rings. The Morgan fingerprint density at radius 1 is 1.23 bits per heavy atom. The molecule has 2 aromatic rings. The summed E-state index contributed by atoms with van der Waals surface area (Å²) in [6.45, 7) is -0.201. The summed E-state index contributed by atoms with van der Waals surface area (Å²) in [6.07, 6.45) is -3.00. The molecule has 1 N–H and O–H groups in total. The highest BCUT2D eigenvalue weighted by Gasteiger charge is 2.36. The second kappa shape index (κ2) is 6.66. The van der Waals surface area contributed by atoms with E-state index in [0.29, 0.717) is 5.56 Å². The van der Waals surface area contributed by atoms with Crippen molar-refractivity contribution in [1.29, 1.82) is 0 Å². The minimum atomic E-state index is -4.57. The smallest absolute Gasteiger partial charge is 0.396 e. The lowest BCUT2D eigenvalue weighted by atomic mass is 10.1. The number of nitrogens with zero attached hydrogens (tertiary/aromatic N) is 2. The summed E-state index contributed by atoms with van der Waals surface area (Å²) in [6, 6.07) is 3.68. The van der Waals surface area contributed by atoms with Gasteiger partial charge in [0.2, 0.25) is 0 Å². The van der Waals surface area contributed by atoms with Crippen LogP contribution in [0.15, 0.2) is 24.4 Å². The van der Waals surface area contributed by atoms with Gasteiger partial charge in [0.25, 0.3) is 0 Å². The molecular weight excluding hydrogens is 324 g/mol. The van der Waals surface area contributed by atoms with Gasteiger partial charge in [0.1, 0.15) is 5.82 Å². The quantitative estimate of drug-likeness (QED) is 0.846. The Labute approximate surface area is 129 Å². The maximum Gasteiger partial charge on any atom is 0.435 e. The van der Waals surface area contributed by atoms with Crippen LogP contribution in [-0.2, 0) is 19.1 Å². The SMILES string of the molecule is OCCCc1cn(Cc2ccc(F)cc2Cl)nc1C(F)(F)F. The lowest BCUT2D eigenvalue weighted by Gasteiger charge is -2.05. The lowest BCUT2D eigenvalue weighted by molar-refractivity contribution is -0.142. The van der Waals surface area contributed by atoms with Crippen LogP contribution >= 0.6 is 11.6 Å². The van der Waals surface area contributed by atoms with E-state index in [-0.39, 0.29) is 36.6 Å². The van der Waals surface area contributed by atoms with Crippen molar-refractivity contribution in [2.75, 3.05) is 6.61 Å². The van der Waals surface area contributed by atoms with Crippen LogP contribution in [0.3, 0.4) is 0 Å². The molecule has 3 nitrogen and oxygen atoms in total. The van der Waals surface area contributed by atoms with Gasteiger partial charge in [0.15, 0.2) is 5.69 Å². The van der Waals surface area contributed by atoms with E-state index in [1.54, 1.807) is 0 Å². The first-order valence-electron chi connectivity index (χ1n) is 6.49. The van der Waals surface area contributed by atoms with E-state index >= 15 is 0 Å². The van der Waals surface area contributed by atoms with Crippen molar-refractivity contribution in [3.05, 3.63) is 52.1 Å². The molecule has 0 atom stereocenters. The van der Waals surface area contributed by atoms with Crippen molar-refractivity contribution in [1.82, 2.24) is 9.78 Å². The summed E-state index contributed by atoms with van der Waals surface area (Å²) < 4.78 is 52.9. The highest BCUT2D eigenvalue weighted by atomic mass is 35.5. The summed E-state index contributed by atoms with van der Waals surface area (Å²) in [5.74, 6) is -0.520. The third-order valence-electron chi connectivity index (χ3n) is 3.06. The third-order valence-corrected chi connectivity index (χ3v) is 3.41. The third kappa shape index (κ3) is 3.98. The molecule has 0 unspecified atom stereocenters. The van der Waals surface area contributed by atoms with Gasteiger partial charge < -0.3 is 5.11 Å². The second-order valence-corrected chi connectivity index (χ2v) is 5.17. The van der Waals surface area contributed by atoms with Gasteiger partial charge in [-0.2, -0.15) is 18.3 Å². The summed E-state index contributed by atoms with van der Waals surface area (Å²) in [4.78, 5) is 0. The van der Waals surface area contributed by atoms with Gasteiger partial charge in [-0.05, 0) is 30.5 Å². The first-order valence-corrected chi connectivity index (χ1v) is 6.87. The average Bonchev–Trinajstić information content (AvgIpc) is 2.83. The molecule has 0 radical (unpaired) electrons. The van der Waals surface area contributed by atoms with Crippen LogP contribution in [0.2, 0.25) is 5.02 Å². The van der Waals surface area contributed by atoms with Crippen molar-refractivity contribution in [3.63, 3.8) is 0 Å². The van der Waals surface area contributed by atoms with E-state index in [0.717, 1.165) is 10.7 Å². The van der Waals surface area contributed by atoms with Gasteiger partial charge in [0, 0.05) is 23.4 Å².